The molecule has 6 rings (SSSR count). The van der Waals surface area contributed by atoms with Gasteiger partial charge in [0.1, 0.15) is 4.99 Å². The molecule has 8 heteroatoms. The van der Waals surface area contributed by atoms with E-state index in [4.69, 9.17) is 12.2 Å². The van der Waals surface area contributed by atoms with Crippen LogP contribution in [0.15, 0.2) is 97.6 Å². The van der Waals surface area contributed by atoms with E-state index >= 15 is 0 Å². The van der Waals surface area contributed by atoms with E-state index in [0.29, 0.717) is 6.54 Å². The number of amides is 3. The molecule has 1 N–H and O–H groups in total. The molecule has 3 aliphatic heterocycles. The molecular weight excluding hydrogens is 502 g/mol. The van der Waals surface area contributed by atoms with Crippen molar-refractivity contribution in [3.05, 3.63) is 114 Å². The van der Waals surface area contributed by atoms with Gasteiger partial charge in [0, 0.05) is 12.1 Å². The summed E-state index contributed by atoms with van der Waals surface area (Å²) in [5.41, 5.74) is 1.89. The molecule has 2 spiro atoms. The molecule has 6 nitrogen and oxygen atoms in total. The maximum atomic E-state index is 14.6. The summed E-state index contributed by atoms with van der Waals surface area (Å²) in [7, 11) is 0. The molecule has 0 aliphatic carbocycles. The van der Waals surface area contributed by atoms with Crippen LogP contribution in [0.25, 0.3) is 0 Å². The van der Waals surface area contributed by atoms with Gasteiger partial charge in [0.05, 0.1) is 18.2 Å². The number of fused-ring (bicyclic) bond motifs is 2. The van der Waals surface area contributed by atoms with Crippen LogP contribution in [0.5, 0.6) is 0 Å². The third-order valence-corrected chi connectivity index (χ3v) is 9.23. The van der Waals surface area contributed by atoms with Crippen molar-refractivity contribution in [1.82, 2.24) is 10.2 Å². The van der Waals surface area contributed by atoms with Crippen LogP contribution in [0.1, 0.15) is 22.6 Å². The lowest BCUT2D eigenvalue weighted by molar-refractivity contribution is -0.129. The van der Waals surface area contributed by atoms with Crippen LogP contribution in [0.3, 0.4) is 0 Å². The largest absolute Gasteiger partial charge is 0.360 e. The molecule has 3 amide bonds. The molecule has 0 bridgehead atoms. The van der Waals surface area contributed by atoms with E-state index in [1.807, 2.05) is 84.9 Å². The number of imide groups is 1. The van der Waals surface area contributed by atoms with Crippen molar-refractivity contribution in [2.75, 3.05) is 11.4 Å². The summed E-state index contributed by atoms with van der Waals surface area (Å²) in [6.07, 6.45) is 1.52. The van der Waals surface area contributed by atoms with E-state index in [1.165, 1.54) is 11.0 Å². The first-order valence-electron chi connectivity index (χ1n) is 11.9. The lowest BCUT2D eigenvalue weighted by Gasteiger charge is -2.35. The van der Waals surface area contributed by atoms with Crippen molar-refractivity contribution in [3.63, 3.8) is 0 Å². The predicted molar refractivity (Wildman–Crippen MR) is 148 cm³/mol. The fourth-order valence-corrected chi connectivity index (χ4v) is 7.65. The Balaban J connectivity index is 1.58. The molecule has 3 atom stereocenters. The minimum Gasteiger partial charge on any atom is -0.360 e. The molecule has 2 fully saturated rings. The van der Waals surface area contributed by atoms with Crippen molar-refractivity contribution in [2.24, 2.45) is 0 Å². The van der Waals surface area contributed by atoms with Gasteiger partial charge in [0.2, 0.25) is 0 Å². The first-order valence-corrected chi connectivity index (χ1v) is 13.2. The van der Waals surface area contributed by atoms with Crippen LogP contribution in [-0.4, -0.2) is 38.2 Å². The summed E-state index contributed by atoms with van der Waals surface area (Å²) in [5, 5.41) is 2.94. The number of benzene rings is 3. The Hall–Kier alpha value is -3.75. The molecule has 3 aliphatic rings. The molecule has 0 saturated carbocycles. The molecule has 0 radical (unpaired) electrons. The number of anilines is 1. The second-order valence-corrected chi connectivity index (χ2v) is 10.9. The standard InChI is InChI=1S/C29H23N3O3S2/c1-2-17-31-26(34)29(37-27(31)35)23(20-13-7-4-8-14-20)28(30-24(29)36)21-15-9-10-16-22(21)32(25(28)33)18-19-11-5-3-6-12-19/h2-16,23H,1,17-18H2,(H,30,36)/t23-,28+,29-/m1/s1. The van der Waals surface area contributed by atoms with Crippen LogP contribution < -0.4 is 10.2 Å². The average Bonchev–Trinajstić information content (AvgIpc) is 3.42. The smallest absolute Gasteiger partial charge is 0.290 e. The summed E-state index contributed by atoms with van der Waals surface area (Å²) in [6, 6.07) is 26.8. The predicted octanol–water partition coefficient (Wildman–Crippen LogP) is 4.76. The van der Waals surface area contributed by atoms with Gasteiger partial charge in [-0.2, -0.15) is 0 Å². The van der Waals surface area contributed by atoms with Crippen molar-refractivity contribution in [3.8, 4) is 0 Å². The number of rotatable bonds is 5. The van der Waals surface area contributed by atoms with Gasteiger partial charge in [0.15, 0.2) is 10.3 Å². The first kappa shape index (κ1) is 23.6. The lowest BCUT2D eigenvalue weighted by Crippen LogP contribution is -2.52. The molecule has 184 valence electrons. The second kappa shape index (κ2) is 8.68. The summed E-state index contributed by atoms with van der Waals surface area (Å²) in [6.45, 7) is 4.14. The highest BCUT2D eigenvalue weighted by Gasteiger charge is 2.75. The number of hydrogen-bond acceptors (Lipinski definition) is 5. The van der Waals surface area contributed by atoms with Crippen LogP contribution in [-0.2, 0) is 21.7 Å². The molecule has 3 aromatic carbocycles. The molecule has 0 aromatic heterocycles. The van der Waals surface area contributed by atoms with E-state index in [0.717, 1.165) is 34.1 Å². The highest BCUT2D eigenvalue weighted by molar-refractivity contribution is 8.17. The maximum Gasteiger partial charge on any atom is 0.290 e. The zero-order valence-corrected chi connectivity index (χ0v) is 21.4. The van der Waals surface area contributed by atoms with Crippen LogP contribution in [0.4, 0.5) is 10.5 Å². The number of nitrogens with one attached hydrogen (secondary N) is 1. The molecule has 3 aromatic rings. The summed E-state index contributed by atoms with van der Waals surface area (Å²) >= 11 is 6.77. The number of carbonyl (C=O) groups is 3. The molecule has 2 saturated heterocycles. The average molecular weight is 526 g/mol. The fraction of sp³-hybridized carbons (Fsp3) is 0.172. The quantitative estimate of drug-likeness (QED) is 0.383. The van der Waals surface area contributed by atoms with Gasteiger partial charge in [-0.05, 0) is 29.0 Å². The molecule has 3 heterocycles. The molecular formula is C29H23N3O3S2. The van der Waals surface area contributed by atoms with Gasteiger partial charge < -0.3 is 10.2 Å². The maximum absolute atomic E-state index is 14.6. The SMILES string of the molecule is C=CCN1C(=O)S[C@@]2(C1=O)C(=S)N[C@]1(C(=O)N(Cc3ccccc3)c3ccccc31)[C@H]2c1ccccc1. The van der Waals surface area contributed by atoms with Gasteiger partial charge >= 0.3 is 0 Å². The van der Waals surface area contributed by atoms with Gasteiger partial charge in [-0.25, -0.2) is 0 Å². The van der Waals surface area contributed by atoms with E-state index in [2.05, 4.69) is 11.9 Å². The Labute approximate surface area is 224 Å². The van der Waals surface area contributed by atoms with Crippen LogP contribution >= 0.6 is 24.0 Å². The van der Waals surface area contributed by atoms with Crippen LogP contribution in [0, 0.1) is 0 Å². The van der Waals surface area contributed by atoms with Crippen molar-refractivity contribution < 1.29 is 14.4 Å². The Morgan fingerprint density at radius 3 is 2.24 bits per heavy atom. The zero-order chi connectivity index (χ0) is 25.8. The van der Waals surface area contributed by atoms with Gasteiger partial charge in [-0.1, -0.05) is 97.2 Å². The number of thioether (sulfide) groups is 1. The normalized spacial score (nSPS) is 26.3. The zero-order valence-electron chi connectivity index (χ0n) is 19.8. The number of nitrogens with zero attached hydrogens (tertiary/aromatic N) is 2. The first-order chi connectivity index (χ1) is 17.9. The summed E-state index contributed by atoms with van der Waals surface area (Å²) in [4.78, 5) is 44.9. The van der Waals surface area contributed by atoms with Crippen molar-refractivity contribution in [2.45, 2.75) is 22.7 Å². The lowest BCUT2D eigenvalue weighted by atomic mass is 9.71. The summed E-state index contributed by atoms with van der Waals surface area (Å²) < 4.78 is -1.46. The number of para-hydroxylation sites is 1. The minimum absolute atomic E-state index is 0.0776. The van der Waals surface area contributed by atoms with Crippen molar-refractivity contribution in [1.29, 1.82) is 0 Å². The van der Waals surface area contributed by atoms with Gasteiger partial charge in [-0.3, -0.25) is 19.3 Å². The fourth-order valence-electron chi connectivity index (χ4n) is 5.85. The van der Waals surface area contributed by atoms with Gasteiger partial charge in [0.25, 0.3) is 17.1 Å². The molecule has 0 unspecified atom stereocenters. The van der Waals surface area contributed by atoms with E-state index in [1.54, 1.807) is 4.90 Å². The number of thiocarbonyl (C=S) groups is 1. The Morgan fingerprint density at radius 2 is 1.54 bits per heavy atom. The van der Waals surface area contributed by atoms with Crippen LogP contribution in [0.2, 0.25) is 0 Å². The van der Waals surface area contributed by atoms with E-state index in [9.17, 15) is 14.4 Å². The Morgan fingerprint density at radius 1 is 0.892 bits per heavy atom. The summed E-state index contributed by atoms with van der Waals surface area (Å²) in [5.74, 6) is -1.37. The molecule has 37 heavy (non-hydrogen) atoms. The number of hydrogen-bond donors (Lipinski definition) is 1. The highest BCUT2D eigenvalue weighted by Crippen LogP contribution is 2.62. The minimum atomic E-state index is -1.46. The Bertz CT molecular complexity index is 1460. The third kappa shape index (κ3) is 3.19. The topological polar surface area (TPSA) is 69.7 Å². The highest BCUT2D eigenvalue weighted by atomic mass is 32.2. The Kier molecular flexibility index (Phi) is 5.54. The van der Waals surface area contributed by atoms with E-state index in [-0.39, 0.29) is 17.4 Å². The second-order valence-electron chi connectivity index (χ2n) is 9.31. The van der Waals surface area contributed by atoms with Crippen molar-refractivity contribution >= 4 is 51.7 Å². The van der Waals surface area contributed by atoms with E-state index < -0.39 is 27.4 Å². The monoisotopic (exact) mass is 525 g/mol. The third-order valence-electron chi connectivity index (χ3n) is 7.35. The van der Waals surface area contributed by atoms with Gasteiger partial charge in [-0.15, -0.1) is 6.58 Å². The number of carbonyl (C=O) groups excluding carboxylic acids is 3.